The molecule has 26 heavy (non-hydrogen) atoms. The number of likely N-dealkylation sites (tertiary alicyclic amines) is 1. The van der Waals surface area contributed by atoms with Gasteiger partial charge >= 0.3 is 0 Å². The Hall–Kier alpha value is -0.120. The van der Waals surface area contributed by atoms with Crippen LogP contribution in [0.5, 0.6) is 0 Å². The first-order valence-electron chi connectivity index (χ1n) is 10.2. The molecule has 0 aromatic rings. The number of guanidine groups is 1. The fourth-order valence-corrected chi connectivity index (χ4v) is 3.85. The lowest BCUT2D eigenvalue weighted by molar-refractivity contribution is -0.0165. The molecule has 0 saturated carbocycles. The minimum atomic E-state index is 0. The number of nitrogens with zero attached hydrogens (tertiary/aromatic N) is 3. The molecule has 2 aliphatic heterocycles. The predicted octanol–water partition coefficient (Wildman–Crippen LogP) is 2.14. The zero-order valence-electron chi connectivity index (χ0n) is 17.2. The third kappa shape index (κ3) is 7.86. The fraction of sp³-hybridized carbons (Fsp3) is 0.947. The molecular weight excluding hydrogens is 441 g/mol. The number of nitrogens with one attached hydrogen (secondary N) is 2. The summed E-state index contributed by atoms with van der Waals surface area (Å²) in [6.45, 7) is 17.0. The van der Waals surface area contributed by atoms with Gasteiger partial charge in [0.25, 0.3) is 0 Å². The average Bonchev–Trinajstić information content (AvgIpc) is 2.62. The largest absolute Gasteiger partial charge is 0.379 e. The Morgan fingerprint density at radius 1 is 1.23 bits per heavy atom. The summed E-state index contributed by atoms with van der Waals surface area (Å²) in [6, 6.07) is 1.47. The molecule has 2 unspecified atom stereocenters. The molecule has 2 atom stereocenters. The summed E-state index contributed by atoms with van der Waals surface area (Å²) in [7, 11) is 0. The van der Waals surface area contributed by atoms with E-state index in [4.69, 9.17) is 9.73 Å². The zero-order chi connectivity index (χ0) is 18.1. The molecule has 0 aromatic heterocycles. The Balaban J connectivity index is 0.00000338. The van der Waals surface area contributed by atoms with E-state index in [1.165, 1.54) is 38.9 Å². The second kappa shape index (κ2) is 13.1. The summed E-state index contributed by atoms with van der Waals surface area (Å²) >= 11 is 0. The maximum atomic E-state index is 5.55. The molecule has 2 rings (SSSR count). The first kappa shape index (κ1) is 23.9. The number of hydrogen-bond donors (Lipinski definition) is 2. The molecule has 2 heterocycles. The summed E-state index contributed by atoms with van der Waals surface area (Å²) in [5.74, 6) is 0.976. The summed E-state index contributed by atoms with van der Waals surface area (Å²) < 4.78 is 5.55. The monoisotopic (exact) mass is 481 g/mol. The fourth-order valence-electron chi connectivity index (χ4n) is 3.85. The van der Waals surface area contributed by atoms with Crippen molar-refractivity contribution in [3.8, 4) is 0 Å². The lowest BCUT2D eigenvalue weighted by Crippen LogP contribution is -2.51. The molecule has 2 N–H and O–H groups in total. The van der Waals surface area contributed by atoms with Gasteiger partial charge in [0.2, 0.25) is 0 Å². The van der Waals surface area contributed by atoms with Gasteiger partial charge in [-0.25, -0.2) is 0 Å². The Kier molecular flexibility index (Phi) is 12.1. The molecule has 0 bridgehead atoms. The van der Waals surface area contributed by atoms with E-state index in [0.717, 1.165) is 38.8 Å². The number of morpholine rings is 1. The smallest absolute Gasteiger partial charge is 0.191 e. The number of halogens is 1. The number of piperidine rings is 1. The first-order valence-corrected chi connectivity index (χ1v) is 10.2. The van der Waals surface area contributed by atoms with E-state index in [1.54, 1.807) is 0 Å². The highest BCUT2D eigenvalue weighted by Crippen LogP contribution is 2.12. The van der Waals surface area contributed by atoms with Crippen molar-refractivity contribution in [1.29, 1.82) is 0 Å². The maximum absolute atomic E-state index is 5.55. The molecule has 0 radical (unpaired) electrons. The summed E-state index contributed by atoms with van der Waals surface area (Å²) in [4.78, 5) is 9.96. The topological polar surface area (TPSA) is 52.1 Å². The third-order valence-electron chi connectivity index (χ3n) is 5.31. The van der Waals surface area contributed by atoms with Crippen molar-refractivity contribution in [3.05, 3.63) is 0 Å². The molecule has 2 saturated heterocycles. The molecular formula is C19H40IN5O. The Morgan fingerprint density at radius 3 is 2.58 bits per heavy atom. The molecule has 0 aliphatic carbocycles. The Morgan fingerprint density at radius 2 is 1.96 bits per heavy atom. The lowest BCUT2D eigenvalue weighted by Gasteiger charge is -2.37. The normalized spacial score (nSPS) is 24.8. The van der Waals surface area contributed by atoms with Crippen LogP contribution in [-0.2, 0) is 4.74 Å². The van der Waals surface area contributed by atoms with Crippen molar-refractivity contribution in [2.24, 2.45) is 4.99 Å². The molecule has 2 aliphatic rings. The number of hydrogen-bond acceptors (Lipinski definition) is 4. The number of rotatable bonds is 7. The van der Waals surface area contributed by atoms with E-state index in [0.29, 0.717) is 18.1 Å². The number of aliphatic imine (C=N–C) groups is 1. The van der Waals surface area contributed by atoms with Crippen molar-refractivity contribution in [1.82, 2.24) is 20.4 Å². The van der Waals surface area contributed by atoms with Crippen molar-refractivity contribution in [2.45, 2.75) is 65.1 Å². The molecule has 0 amide bonds. The van der Waals surface area contributed by atoms with Gasteiger partial charge < -0.3 is 20.3 Å². The quantitative estimate of drug-likeness (QED) is 0.332. The SMILES string of the molecule is CCCN1CCC(NC(=NCC(C)N2CCOCC2C)NCC)CC1.I. The molecule has 7 heteroatoms. The average molecular weight is 481 g/mol. The van der Waals surface area contributed by atoms with Gasteiger partial charge in [0.1, 0.15) is 0 Å². The van der Waals surface area contributed by atoms with Crippen LogP contribution in [0.15, 0.2) is 4.99 Å². The summed E-state index contributed by atoms with van der Waals surface area (Å²) in [5.41, 5.74) is 0. The van der Waals surface area contributed by atoms with E-state index in [-0.39, 0.29) is 24.0 Å². The second-order valence-corrected chi connectivity index (χ2v) is 7.49. The van der Waals surface area contributed by atoms with Crippen LogP contribution < -0.4 is 10.6 Å². The minimum absolute atomic E-state index is 0. The second-order valence-electron chi connectivity index (χ2n) is 7.49. The van der Waals surface area contributed by atoms with E-state index >= 15 is 0 Å². The Labute approximate surface area is 177 Å². The van der Waals surface area contributed by atoms with E-state index in [2.05, 4.69) is 48.1 Å². The molecule has 0 aromatic carbocycles. The summed E-state index contributed by atoms with van der Waals surface area (Å²) in [5, 5.41) is 7.08. The number of ether oxygens (including phenoxy) is 1. The van der Waals surface area contributed by atoms with Crippen LogP contribution in [0.2, 0.25) is 0 Å². The van der Waals surface area contributed by atoms with Crippen LogP contribution in [0.4, 0.5) is 0 Å². The van der Waals surface area contributed by atoms with Gasteiger partial charge in [-0.05, 0) is 46.6 Å². The molecule has 6 nitrogen and oxygen atoms in total. The standard InChI is InChI=1S/C19H39N5O.HI/c1-5-9-23-10-7-18(8-11-23)22-19(20-6-2)21-14-16(3)24-12-13-25-15-17(24)4;/h16-18H,5-15H2,1-4H3,(H2,20,21,22);1H. The van der Waals surface area contributed by atoms with Crippen LogP contribution in [0.3, 0.4) is 0 Å². The minimum Gasteiger partial charge on any atom is -0.379 e. The van der Waals surface area contributed by atoms with E-state index < -0.39 is 0 Å². The summed E-state index contributed by atoms with van der Waals surface area (Å²) in [6.07, 6.45) is 3.67. The third-order valence-corrected chi connectivity index (χ3v) is 5.31. The van der Waals surface area contributed by atoms with Gasteiger partial charge in [0.05, 0.1) is 19.8 Å². The maximum Gasteiger partial charge on any atom is 0.191 e. The van der Waals surface area contributed by atoms with Crippen LogP contribution >= 0.6 is 24.0 Å². The van der Waals surface area contributed by atoms with Gasteiger partial charge in [-0.2, -0.15) is 0 Å². The van der Waals surface area contributed by atoms with Gasteiger partial charge in [-0.15, -0.1) is 24.0 Å². The predicted molar refractivity (Wildman–Crippen MR) is 121 cm³/mol. The molecule has 0 spiro atoms. The van der Waals surface area contributed by atoms with Crippen molar-refractivity contribution >= 4 is 29.9 Å². The highest BCUT2D eigenvalue weighted by atomic mass is 127. The molecule has 154 valence electrons. The van der Waals surface area contributed by atoms with Crippen LogP contribution in [0, 0.1) is 0 Å². The molecule has 2 fully saturated rings. The van der Waals surface area contributed by atoms with Gasteiger partial charge in [-0.3, -0.25) is 9.89 Å². The van der Waals surface area contributed by atoms with Crippen molar-refractivity contribution in [2.75, 3.05) is 52.5 Å². The van der Waals surface area contributed by atoms with E-state index in [1.807, 2.05) is 0 Å². The van der Waals surface area contributed by atoms with Crippen LogP contribution in [-0.4, -0.2) is 86.4 Å². The Bertz CT molecular complexity index is 401. The highest BCUT2D eigenvalue weighted by molar-refractivity contribution is 14.0. The van der Waals surface area contributed by atoms with Crippen molar-refractivity contribution < 1.29 is 4.74 Å². The van der Waals surface area contributed by atoms with Gasteiger partial charge in [0.15, 0.2) is 5.96 Å². The van der Waals surface area contributed by atoms with Crippen LogP contribution in [0.25, 0.3) is 0 Å². The van der Waals surface area contributed by atoms with Gasteiger partial charge in [-0.1, -0.05) is 6.92 Å². The van der Waals surface area contributed by atoms with Crippen molar-refractivity contribution in [3.63, 3.8) is 0 Å². The zero-order valence-corrected chi connectivity index (χ0v) is 19.5. The van der Waals surface area contributed by atoms with E-state index in [9.17, 15) is 0 Å². The first-order chi connectivity index (χ1) is 12.1. The lowest BCUT2D eigenvalue weighted by atomic mass is 10.1. The van der Waals surface area contributed by atoms with Gasteiger partial charge in [0, 0.05) is 44.3 Å². The van der Waals surface area contributed by atoms with Crippen LogP contribution in [0.1, 0.15) is 47.0 Å². The highest BCUT2D eigenvalue weighted by Gasteiger charge is 2.24.